The molecule has 0 aromatic heterocycles. The highest BCUT2D eigenvalue weighted by molar-refractivity contribution is 5.92. The number of hydrogen-bond donors (Lipinski definition) is 2. The molecule has 1 unspecified atom stereocenters. The van der Waals surface area contributed by atoms with Gasteiger partial charge in [0.25, 0.3) is 0 Å². The average Bonchev–Trinajstić information content (AvgIpc) is 2.72. The maximum atomic E-state index is 13.1. The van der Waals surface area contributed by atoms with Crippen molar-refractivity contribution in [3.8, 4) is 0 Å². The first-order valence-corrected chi connectivity index (χ1v) is 10.2. The summed E-state index contributed by atoms with van der Waals surface area (Å²) in [4.78, 5) is 51.0. The van der Waals surface area contributed by atoms with Crippen molar-refractivity contribution >= 4 is 30.0 Å². The van der Waals surface area contributed by atoms with Crippen LogP contribution >= 0.6 is 0 Å². The molecule has 0 aliphatic carbocycles. The molecule has 0 radical (unpaired) electrons. The Morgan fingerprint density at radius 2 is 1.78 bits per heavy atom. The number of alkyl carbamates (subject to hydrolysis) is 1. The van der Waals surface area contributed by atoms with E-state index in [0.717, 1.165) is 5.56 Å². The lowest BCUT2D eigenvalue weighted by molar-refractivity contribution is -0.144. The minimum Gasteiger partial charge on any atom is -0.468 e. The molecule has 1 aromatic rings. The second-order valence-electron chi connectivity index (χ2n) is 8.32. The molecule has 0 saturated carbocycles. The Kier molecular flexibility index (Phi) is 9.90. The van der Waals surface area contributed by atoms with Crippen LogP contribution in [0.4, 0.5) is 4.79 Å². The van der Waals surface area contributed by atoms with Gasteiger partial charge in [-0.15, -0.1) is 0 Å². The van der Waals surface area contributed by atoms with Gasteiger partial charge in [-0.25, -0.2) is 4.79 Å². The summed E-state index contributed by atoms with van der Waals surface area (Å²) in [5.41, 5.74) is 0.576. The van der Waals surface area contributed by atoms with Gasteiger partial charge in [-0.05, 0) is 51.8 Å². The summed E-state index contributed by atoms with van der Waals surface area (Å²) in [6.07, 6.45) is 0.883. The number of esters is 1. The molecule has 9 nitrogen and oxygen atoms in total. The lowest BCUT2D eigenvalue weighted by Crippen LogP contribution is -2.51. The van der Waals surface area contributed by atoms with Gasteiger partial charge in [0, 0.05) is 6.04 Å². The van der Waals surface area contributed by atoms with Crippen molar-refractivity contribution in [3.05, 3.63) is 42.0 Å². The number of hydrogen-bond acceptors (Lipinski definition) is 6. The Bertz CT molecular complexity index is 844. The van der Waals surface area contributed by atoms with Crippen molar-refractivity contribution in [3.63, 3.8) is 0 Å². The van der Waals surface area contributed by atoms with Crippen LogP contribution in [0.3, 0.4) is 0 Å². The van der Waals surface area contributed by atoms with Crippen molar-refractivity contribution in [1.82, 2.24) is 15.5 Å². The number of carbonyl (C=O) groups excluding carboxylic acids is 4. The Labute approximate surface area is 189 Å². The zero-order chi connectivity index (χ0) is 24.5. The van der Waals surface area contributed by atoms with E-state index in [4.69, 9.17) is 4.74 Å². The highest BCUT2D eigenvalue weighted by atomic mass is 16.6. The van der Waals surface area contributed by atoms with Crippen LogP contribution in [0.2, 0.25) is 0 Å². The van der Waals surface area contributed by atoms with Gasteiger partial charge in [-0.2, -0.15) is 0 Å². The summed E-state index contributed by atoms with van der Waals surface area (Å²) in [7, 11) is 1.21. The van der Waals surface area contributed by atoms with Crippen molar-refractivity contribution in [2.75, 3.05) is 20.2 Å². The van der Waals surface area contributed by atoms with Gasteiger partial charge < -0.3 is 25.0 Å². The third-order valence-electron chi connectivity index (χ3n) is 4.25. The van der Waals surface area contributed by atoms with E-state index in [1.165, 1.54) is 12.0 Å². The van der Waals surface area contributed by atoms with Crippen LogP contribution in [0, 0.1) is 0 Å². The first-order valence-electron chi connectivity index (χ1n) is 10.2. The number of ether oxygens (including phenoxy) is 2. The summed E-state index contributed by atoms with van der Waals surface area (Å²) in [6.45, 7) is 11.7. The predicted molar refractivity (Wildman–Crippen MR) is 121 cm³/mol. The third kappa shape index (κ3) is 8.41. The zero-order valence-electron chi connectivity index (χ0n) is 19.6. The molecular weight excluding hydrogens is 414 g/mol. The summed E-state index contributed by atoms with van der Waals surface area (Å²) < 4.78 is 9.74. The molecular formula is C23H33N3O6. The average molecular weight is 448 g/mol. The highest BCUT2D eigenvalue weighted by Crippen LogP contribution is 2.25. The first-order chi connectivity index (χ1) is 14.9. The Morgan fingerprint density at radius 3 is 2.31 bits per heavy atom. The Hall–Kier alpha value is -3.36. The summed E-state index contributed by atoms with van der Waals surface area (Å²) >= 11 is 0. The molecule has 2 N–H and O–H groups in total. The second kappa shape index (κ2) is 11.9. The van der Waals surface area contributed by atoms with Crippen LogP contribution in [0.25, 0.3) is 6.08 Å². The van der Waals surface area contributed by atoms with E-state index in [1.54, 1.807) is 58.9 Å². The third-order valence-corrected chi connectivity index (χ3v) is 4.25. The number of rotatable bonds is 9. The summed E-state index contributed by atoms with van der Waals surface area (Å²) in [5, 5.41) is 4.94. The van der Waals surface area contributed by atoms with Gasteiger partial charge in [0.15, 0.2) is 0 Å². The fraction of sp³-hybridized carbons (Fsp3) is 0.478. The van der Waals surface area contributed by atoms with E-state index in [9.17, 15) is 19.2 Å². The SMILES string of the molecule is C=Cc1cccc(C(C(=O)NCC(=O)OC)N(C(=O)CNC(=O)OC(C)(C)C)C(C)C)c1. The van der Waals surface area contributed by atoms with Crippen LogP contribution in [-0.2, 0) is 23.9 Å². The number of nitrogens with zero attached hydrogens (tertiary/aromatic N) is 1. The summed E-state index contributed by atoms with van der Waals surface area (Å²) in [6, 6.07) is 5.55. The predicted octanol–water partition coefficient (Wildman–Crippen LogP) is 2.42. The molecule has 0 aliphatic heterocycles. The fourth-order valence-corrected chi connectivity index (χ4v) is 2.91. The quantitative estimate of drug-likeness (QED) is 0.562. The second-order valence-corrected chi connectivity index (χ2v) is 8.32. The van der Waals surface area contributed by atoms with Crippen LogP contribution < -0.4 is 10.6 Å². The zero-order valence-corrected chi connectivity index (χ0v) is 19.6. The Morgan fingerprint density at radius 1 is 1.12 bits per heavy atom. The molecule has 32 heavy (non-hydrogen) atoms. The lowest BCUT2D eigenvalue weighted by atomic mass is 10.00. The molecule has 1 aromatic carbocycles. The van der Waals surface area contributed by atoms with E-state index < -0.39 is 41.6 Å². The molecule has 9 heteroatoms. The number of nitrogens with one attached hydrogen (secondary N) is 2. The van der Waals surface area contributed by atoms with Crippen molar-refractivity contribution in [2.24, 2.45) is 0 Å². The van der Waals surface area contributed by atoms with Gasteiger partial charge in [0.05, 0.1) is 7.11 Å². The fourth-order valence-electron chi connectivity index (χ4n) is 2.91. The Balaban J connectivity index is 3.21. The lowest BCUT2D eigenvalue weighted by Gasteiger charge is -2.34. The largest absolute Gasteiger partial charge is 0.468 e. The van der Waals surface area contributed by atoms with Crippen molar-refractivity contribution < 1.29 is 28.7 Å². The van der Waals surface area contributed by atoms with Gasteiger partial charge in [-0.1, -0.05) is 30.9 Å². The van der Waals surface area contributed by atoms with Gasteiger partial charge in [-0.3, -0.25) is 14.4 Å². The highest BCUT2D eigenvalue weighted by Gasteiger charge is 2.34. The molecule has 0 saturated heterocycles. The van der Waals surface area contributed by atoms with Crippen LogP contribution in [0.1, 0.15) is 51.8 Å². The van der Waals surface area contributed by atoms with Gasteiger partial charge in [0.1, 0.15) is 24.7 Å². The normalized spacial score (nSPS) is 11.8. The molecule has 1 atom stereocenters. The van der Waals surface area contributed by atoms with Crippen molar-refractivity contribution in [1.29, 1.82) is 0 Å². The topological polar surface area (TPSA) is 114 Å². The maximum absolute atomic E-state index is 13.1. The van der Waals surface area contributed by atoms with E-state index in [-0.39, 0.29) is 13.1 Å². The minimum absolute atomic E-state index is 0.344. The molecule has 0 aliphatic rings. The number of methoxy groups -OCH3 is 1. The monoisotopic (exact) mass is 447 g/mol. The summed E-state index contributed by atoms with van der Waals surface area (Å²) in [5.74, 6) is -1.67. The van der Waals surface area contributed by atoms with E-state index in [1.807, 2.05) is 6.07 Å². The number of amides is 3. The van der Waals surface area contributed by atoms with Crippen LogP contribution in [0.5, 0.6) is 0 Å². The van der Waals surface area contributed by atoms with Crippen molar-refractivity contribution in [2.45, 2.75) is 52.3 Å². The first kappa shape index (κ1) is 26.7. The van der Waals surface area contributed by atoms with Gasteiger partial charge >= 0.3 is 12.1 Å². The minimum atomic E-state index is -1.05. The molecule has 0 bridgehead atoms. The van der Waals surface area contributed by atoms with E-state index >= 15 is 0 Å². The van der Waals surface area contributed by atoms with Crippen LogP contribution in [0.15, 0.2) is 30.8 Å². The smallest absolute Gasteiger partial charge is 0.408 e. The van der Waals surface area contributed by atoms with E-state index in [2.05, 4.69) is 21.9 Å². The molecule has 0 fully saturated rings. The molecule has 176 valence electrons. The number of benzene rings is 1. The molecule has 0 spiro atoms. The van der Waals surface area contributed by atoms with Crippen LogP contribution in [-0.4, -0.2) is 60.6 Å². The van der Waals surface area contributed by atoms with E-state index in [0.29, 0.717) is 5.56 Å². The molecule has 1 rings (SSSR count). The molecule has 3 amide bonds. The maximum Gasteiger partial charge on any atom is 0.408 e. The standard InChI is InChI=1S/C23H33N3O6/c1-8-16-10-9-11-17(12-16)20(21(29)24-14-19(28)31-7)26(15(2)3)18(27)13-25-22(30)32-23(4,5)6/h8-12,15,20H,1,13-14H2,2-7H3,(H,24,29)(H,25,30). The number of carbonyl (C=O) groups is 4. The van der Waals surface area contributed by atoms with Gasteiger partial charge in [0.2, 0.25) is 11.8 Å². The molecule has 0 heterocycles.